The highest BCUT2D eigenvalue weighted by molar-refractivity contribution is 6.30. The number of halogens is 1. The van der Waals surface area contributed by atoms with Crippen LogP contribution < -0.4 is 20.9 Å². The van der Waals surface area contributed by atoms with Gasteiger partial charge in [0.25, 0.3) is 5.56 Å². The number of anilines is 1. The molecule has 3 aromatic rings. The number of hydrogen-bond donors (Lipinski definition) is 2. The molecule has 35 heavy (non-hydrogen) atoms. The number of nitrogens with zero attached hydrogens (tertiary/aromatic N) is 1. The number of aryl methyl sites for hydroxylation is 1. The average Bonchev–Trinajstić information content (AvgIpc) is 3.03. The lowest BCUT2D eigenvalue weighted by molar-refractivity contribution is -0.140. The summed E-state index contributed by atoms with van der Waals surface area (Å²) in [5.74, 6) is -1.49. The van der Waals surface area contributed by atoms with Crippen LogP contribution in [0.4, 0.5) is 5.69 Å². The summed E-state index contributed by atoms with van der Waals surface area (Å²) < 4.78 is 11.0. The Morgan fingerprint density at radius 2 is 1.89 bits per heavy atom. The van der Waals surface area contributed by atoms with Crippen molar-refractivity contribution in [2.75, 3.05) is 11.5 Å². The van der Waals surface area contributed by atoms with E-state index in [0.29, 0.717) is 22.0 Å². The van der Waals surface area contributed by atoms with E-state index in [1.54, 1.807) is 61.2 Å². The van der Waals surface area contributed by atoms with Crippen LogP contribution in [0.2, 0.25) is 5.02 Å². The summed E-state index contributed by atoms with van der Waals surface area (Å²) in [7, 11) is 0. The van der Waals surface area contributed by atoms with Crippen LogP contribution in [-0.4, -0.2) is 23.5 Å². The molecule has 2 aromatic carbocycles. The zero-order valence-electron chi connectivity index (χ0n) is 19.1. The molecule has 1 amide bonds. The van der Waals surface area contributed by atoms with Crippen LogP contribution in [0.5, 0.6) is 5.75 Å². The van der Waals surface area contributed by atoms with Crippen LogP contribution >= 0.6 is 11.6 Å². The van der Waals surface area contributed by atoms with E-state index in [9.17, 15) is 14.4 Å². The molecule has 178 valence electrons. The zero-order chi connectivity index (χ0) is 24.9. The second-order valence-electron chi connectivity index (χ2n) is 8.37. The number of carbonyl (C=O) groups excluding carboxylic acids is 2. The highest BCUT2D eigenvalue weighted by atomic mass is 35.5. The molecule has 0 bridgehead atoms. The Balaban J connectivity index is 1.82. The largest absolute Gasteiger partial charge is 0.462 e. The first-order chi connectivity index (χ1) is 16.8. The van der Waals surface area contributed by atoms with Crippen LogP contribution in [0.1, 0.15) is 29.3 Å². The van der Waals surface area contributed by atoms with E-state index in [1.807, 2.05) is 12.1 Å². The van der Waals surface area contributed by atoms with Crippen LogP contribution in [0.3, 0.4) is 0 Å². The SMILES string of the molecule is CCOC(=O)C1=C(N)Oc2cc(C)[nH]c(=O)c2[C@]12C(=O)N(Cc1ccc(Cl)cc1)c1ccccc12. The zero-order valence-corrected chi connectivity index (χ0v) is 19.8. The summed E-state index contributed by atoms with van der Waals surface area (Å²) in [6.07, 6.45) is 0. The van der Waals surface area contributed by atoms with Gasteiger partial charge in [0, 0.05) is 28.0 Å². The molecule has 0 saturated heterocycles. The molecule has 1 spiro atoms. The topological polar surface area (TPSA) is 115 Å². The fourth-order valence-electron chi connectivity index (χ4n) is 4.90. The predicted molar refractivity (Wildman–Crippen MR) is 130 cm³/mol. The maximum Gasteiger partial charge on any atom is 0.341 e. The number of aromatic nitrogens is 1. The fourth-order valence-corrected chi connectivity index (χ4v) is 5.02. The summed E-state index contributed by atoms with van der Waals surface area (Å²) in [5.41, 5.74) is 6.00. The number of fused-ring (bicyclic) bond motifs is 4. The van der Waals surface area contributed by atoms with Crippen molar-refractivity contribution < 1.29 is 19.1 Å². The van der Waals surface area contributed by atoms with Crippen LogP contribution in [-0.2, 0) is 26.3 Å². The second kappa shape index (κ2) is 8.32. The minimum absolute atomic E-state index is 0.00332. The third-order valence-electron chi connectivity index (χ3n) is 6.25. The van der Waals surface area contributed by atoms with Gasteiger partial charge in [-0.05, 0) is 37.6 Å². The molecule has 5 rings (SSSR count). The Kier molecular flexibility index (Phi) is 5.40. The predicted octanol–water partition coefficient (Wildman–Crippen LogP) is 3.30. The summed E-state index contributed by atoms with van der Waals surface area (Å²) in [6, 6.07) is 15.7. The van der Waals surface area contributed by atoms with Gasteiger partial charge in [-0.1, -0.05) is 41.9 Å². The highest BCUT2D eigenvalue weighted by Crippen LogP contribution is 2.54. The van der Waals surface area contributed by atoms with Gasteiger partial charge in [-0.15, -0.1) is 0 Å². The quantitative estimate of drug-likeness (QED) is 0.541. The number of esters is 1. The molecular formula is C26H22ClN3O5. The van der Waals surface area contributed by atoms with Gasteiger partial charge in [0.2, 0.25) is 11.8 Å². The van der Waals surface area contributed by atoms with Crippen molar-refractivity contribution in [1.82, 2.24) is 4.98 Å². The van der Waals surface area contributed by atoms with Gasteiger partial charge >= 0.3 is 5.97 Å². The van der Waals surface area contributed by atoms with Gasteiger partial charge in [-0.2, -0.15) is 0 Å². The first kappa shape index (κ1) is 22.7. The third-order valence-corrected chi connectivity index (χ3v) is 6.50. The molecule has 1 aromatic heterocycles. The third kappa shape index (κ3) is 3.32. The van der Waals surface area contributed by atoms with E-state index >= 15 is 0 Å². The van der Waals surface area contributed by atoms with Crippen molar-refractivity contribution in [3.63, 3.8) is 0 Å². The number of rotatable bonds is 4. The smallest absolute Gasteiger partial charge is 0.341 e. The molecule has 0 unspecified atom stereocenters. The molecule has 0 aliphatic carbocycles. The van der Waals surface area contributed by atoms with Crippen molar-refractivity contribution in [3.05, 3.63) is 104 Å². The van der Waals surface area contributed by atoms with Crippen molar-refractivity contribution in [2.45, 2.75) is 25.8 Å². The van der Waals surface area contributed by atoms with E-state index in [0.717, 1.165) is 5.56 Å². The molecule has 2 aliphatic rings. The molecular weight excluding hydrogens is 470 g/mol. The summed E-state index contributed by atoms with van der Waals surface area (Å²) in [5, 5.41) is 0.568. The second-order valence-corrected chi connectivity index (χ2v) is 8.80. The fraction of sp³-hybridized carbons (Fsp3) is 0.192. The Morgan fingerprint density at radius 1 is 1.17 bits per heavy atom. The average molecular weight is 492 g/mol. The van der Waals surface area contributed by atoms with Crippen molar-refractivity contribution in [1.29, 1.82) is 0 Å². The van der Waals surface area contributed by atoms with Crippen LogP contribution in [0, 0.1) is 6.92 Å². The molecule has 0 radical (unpaired) electrons. The minimum atomic E-state index is -1.84. The van der Waals surface area contributed by atoms with Gasteiger partial charge in [0.15, 0.2) is 0 Å². The van der Waals surface area contributed by atoms with E-state index < -0.39 is 22.9 Å². The van der Waals surface area contributed by atoms with Crippen molar-refractivity contribution in [2.24, 2.45) is 5.73 Å². The van der Waals surface area contributed by atoms with Gasteiger partial charge in [-0.25, -0.2) is 4.79 Å². The lowest BCUT2D eigenvalue weighted by Gasteiger charge is -2.35. The van der Waals surface area contributed by atoms with Crippen LogP contribution in [0.25, 0.3) is 0 Å². The van der Waals surface area contributed by atoms with Gasteiger partial charge < -0.3 is 25.1 Å². The lowest BCUT2D eigenvalue weighted by atomic mass is 9.68. The first-order valence-corrected chi connectivity index (χ1v) is 11.4. The number of benzene rings is 2. The number of pyridine rings is 1. The number of aromatic amines is 1. The number of para-hydroxylation sites is 1. The molecule has 3 heterocycles. The number of amides is 1. The summed E-state index contributed by atoms with van der Waals surface area (Å²) >= 11 is 6.04. The molecule has 3 N–H and O–H groups in total. The van der Waals surface area contributed by atoms with Crippen molar-refractivity contribution >= 4 is 29.2 Å². The normalized spacial score (nSPS) is 18.4. The van der Waals surface area contributed by atoms with Gasteiger partial charge in [0.1, 0.15) is 16.7 Å². The monoisotopic (exact) mass is 491 g/mol. The Labute approximate surface area is 205 Å². The highest BCUT2D eigenvalue weighted by Gasteiger charge is 2.62. The Hall–Kier alpha value is -4.04. The molecule has 1 atom stereocenters. The summed E-state index contributed by atoms with van der Waals surface area (Å²) in [6.45, 7) is 3.57. The Morgan fingerprint density at radius 3 is 2.60 bits per heavy atom. The van der Waals surface area contributed by atoms with E-state index in [-0.39, 0.29) is 35.9 Å². The van der Waals surface area contributed by atoms with E-state index in [1.165, 1.54) is 0 Å². The van der Waals surface area contributed by atoms with Crippen LogP contribution in [0.15, 0.2) is 70.8 Å². The maximum atomic E-state index is 14.5. The van der Waals surface area contributed by atoms with Crippen molar-refractivity contribution in [3.8, 4) is 5.75 Å². The standard InChI is InChI=1S/C26H22ClN3O5/c1-3-34-24(32)21-22(28)35-19-12-14(2)29-23(31)20(19)26(21)17-6-4-5-7-18(17)30(25(26)33)13-15-8-10-16(27)11-9-15/h4-12H,3,13,28H2,1-2H3,(H,29,31)/t26-/m0/s1. The number of ether oxygens (including phenoxy) is 2. The first-order valence-electron chi connectivity index (χ1n) is 11.0. The minimum Gasteiger partial charge on any atom is -0.462 e. The molecule has 0 saturated carbocycles. The number of carbonyl (C=O) groups is 2. The lowest BCUT2D eigenvalue weighted by Crippen LogP contribution is -2.51. The molecule has 0 fully saturated rings. The number of hydrogen-bond acceptors (Lipinski definition) is 6. The molecule has 9 heteroatoms. The van der Waals surface area contributed by atoms with E-state index in [2.05, 4.69) is 4.98 Å². The summed E-state index contributed by atoms with van der Waals surface area (Å²) in [4.78, 5) is 45.4. The molecule has 2 aliphatic heterocycles. The number of nitrogens with one attached hydrogen (secondary N) is 1. The number of nitrogens with two attached hydrogens (primary N) is 1. The van der Waals surface area contributed by atoms with E-state index in [4.69, 9.17) is 26.8 Å². The molecule has 8 nitrogen and oxygen atoms in total. The Bertz CT molecular complexity index is 1460. The number of H-pyrrole nitrogens is 1. The van der Waals surface area contributed by atoms with Gasteiger partial charge in [-0.3, -0.25) is 9.59 Å². The van der Waals surface area contributed by atoms with Gasteiger partial charge in [0.05, 0.1) is 18.7 Å². The maximum absolute atomic E-state index is 14.5.